The molecule has 42 heavy (non-hydrogen) atoms. The van der Waals surface area contributed by atoms with E-state index in [9.17, 15) is 4.79 Å². The standard InChI is InChI=1S/C32H38ClN5O3S/c1-19(2)37-12-14-38(15-13-37)25-18-34-17-24(35-25)30-36-23-16-20(3)26(28(31(39)40-7)41-32(4,5)6)27(29(23)42-30)21-8-10-22(33)11-9-21/h8-11,16-19,28H,12-15H2,1-7H3/t28-/m0/s1. The van der Waals surface area contributed by atoms with Gasteiger partial charge in [0.15, 0.2) is 6.10 Å². The largest absolute Gasteiger partial charge is 0.467 e. The highest BCUT2D eigenvalue weighted by atomic mass is 35.5. The summed E-state index contributed by atoms with van der Waals surface area (Å²) in [6.07, 6.45) is 2.67. The quantitative estimate of drug-likeness (QED) is 0.209. The molecule has 1 atom stereocenters. The Kier molecular flexibility index (Phi) is 8.85. The summed E-state index contributed by atoms with van der Waals surface area (Å²) in [4.78, 5) is 32.5. The molecule has 2 aromatic heterocycles. The van der Waals surface area contributed by atoms with E-state index in [1.165, 1.54) is 18.4 Å². The van der Waals surface area contributed by atoms with E-state index in [1.807, 2.05) is 64.2 Å². The van der Waals surface area contributed by atoms with Crippen molar-refractivity contribution < 1.29 is 14.3 Å². The minimum Gasteiger partial charge on any atom is -0.467 e. The van der Waals surface area contributed by atoms with Crippen LogP contribution in [0.25, 0.3) is 32.0 Å². The molecular weight excluding hydrogens is 570 g/mol. The first-order chi connectivity index (χ1) is 19.9. The van der Waals surface area contributed by atoms with Gasteiger partial charge in [0, 0.05) is 48.4 Å². The van der Waals surface area contributed by atoms with Crippen molar-refractivity contribution in [2.75, 3.05) is 38.2 Å². The molecule has 1 saturated heterocycles. The highest BCUT2D eigenvalue weighted by Crippen LogP contribution is 2.44. The van der Waals surface area contributed by atoms with Crippen LogP contribution in [-0.2, 0) is 14.3 Å². The molecule has 0 aliphatic carbocycles. The Labute approximate surface area is 256 Å². The molecule has 2 aromatic carbocycles. The lowest BCUT2D eigenvalue weighted by Gasteiger charge is -2.37. The van der Waals surface area contributed by atoms with Gasteiger partial charge in [-0.15, -0.1) is 11.3 Å². The van der Waals surface area contributed by atoms with Gasteiger partial charge in [-0.2, -0.15) is 0 Å². The lowest BCUT2D eigenvalue weighted by Crippen LogP contribution is -2.49. The Morgan fingerprint density at radius 3 is 2.36 bits per heavy atom. The number of carbonyl (C=O) groups is 1. The van der Waals surface area contributed by atoms with Crippen LogP contribution in [0.4, 0.5) is 5.82 Å². The number of thiazole rings is 1. The molecule has 3 heterocycles. The van der Waals surface area contributed by atoms with E-state index >= 15 is 0 Å². The number of esters is 1. The summed E-state index contributed by atoms with van der Waals surface area (Å²) in [7, 11) is 1.39. The molecule has 0 N–H and O–H groups in total. The zero-order chi connectivity index (χ0) is 30.2. The third-order valence-corrected chi connectivity index (χ3v) is 8.78. The van der Waals surface area contributed by atoms with Gasteiger partial charge in [-0.3, -0.25) is 9.88 Å². The second-order valence-corrected chi connectivity index (χ2v) is 13.3. The van der Waals surface area contributed by atoms with Crippen LogP contribution in [-0.4, -0.2) is 70.8 Å². The smallest absolute Gasteiger partial charge is 0.339 e. The van der Waals surface area contributed by atoms with Crippen molar-refractivity contribution in [3.63, 3.8) is 0 Å². The summed E-state index contributed by atoms with van der Waals surface area (Å²) in [5.74, 6) is 0.401. The van der Waals surface area contributed by atoms with Gasteiger partial charge >= 0.3 is 5.97 Å². The fraction of sp³-hybridized carbons (Fsp3) is 0.438. The minimum absolute atomic E-state index is 0.455. The first-order valence-electron chi connectivity index (χ1n) is 14.2. The molecule has 5 rings (SSSR count). The molecule has 1 aliphatic rings. The normalized spacial score (nSPS) is 15.4. The van der Waals surface area contributed by atoms with Gasteiger partial charge in [0.25, 0.3) is 0 Å². The van der Waals surface area contributed by atoms with E-state index in [0.29, 0.717) is 11.1 Å². The van der Waals surface area contributed by atoms with Gasteiger partial charge in [-0.05, 0) is 70.9 Å². The Balaban J connectivity index is 1.63. The number of carbonyl (C=O) groups excluding carboxylic acids is 1. The molecule has 222 valence electrons. The third kappa shape index (κ3) is 6.44. The molecular formula is C32H38ClN5O3S. The molecule has 8 nitrogen and oxygen atoms in total. The van der Waals surface area contributed by atoms with Crippen LogP contribution >= 0.6 is 22.9 Å². The number of hydrogen-bond acceptors (Lipinski definition) is 9. The van der Waals surface area contributed by atoms with Gasteiger partial charge < -0.3 is 14.4 Å². The van der Waals surface area contributed by atoms with Gasteiger partial charge in [-0.25, -0.2) is 14.8 Å². The van der Waals surface area contributed by atoms with Gasteiger partial charge in [0.1, 0.15) is 16.5 Å². The second-order valence-electron chi connectivity index (χ2n) is 11.9. The topological polar surface area (TPSA) is 80.7 Å². The summed E-state index contributed by atoms with van der Waals surface area (Å²) in [5, 5.41) is 1.39. The van der Waals surface area contributed by atoms with Crippen LogP contribution < -0.4 is 4.90 Å². The lowest BCUT2D eigenvalue weighted by atomic mass is 9.91. The Hall–Kier alpha value is -3.11. The number of nitrogens with zero attached hydrogens (tertiary/aromatic N) is 5. The van der Waals surface area contributed by atoms with Gasteiger partial charge in [0.2, 0.25) is 0 Å². The number of benzene rings is 2. The molecule has 0 bridgehead atoms. The number of aromatic nitrogens is 3. The Morgan fingerprint density at radius 2 is 1.74 bits per heavy atom. The van der Waals surface area contributed by atoms with E-state index in [1.54, 1.807) is 6.20 Å². The van der Waals surface area contributed by atoms with Crippen LogP contribution in [0.5, 0.6) is 0 Å². The maximum Gasteiger partial charge on any atom is 0.339 e. The predicted molar refractivity (Wildman–Crippen MR) is 170 cm³/mol. The number of methoxy groups -OCH3 is 1. The van der Waals surface area contributed by atoms with Crippen molar-refractivity contribution in [1.82, 2.24) is 19.9 Å². The van der Waals surface area contributed by atoms with E-state index in [4.69, 9.17) is 31.0 Å². The molecule has 1 aliphatic heterocycles. The molecule has 0 spiro atoms. The fourth-order valence-electron chi connectivity index (χ4n) is 5.33. The molecule has 0 saturated carbocycles. The number of hydrogen-bond donors (Lipinski definition) is 0. The van der Waals surface area contributed by atoms with Crippen LogP contribution in [0, 0.1) is 6.92 Å². The van der Waals surface area contributed by atoms with Crippen molar-refractivity contribution in [3.05, 3.63) is 58.9 Å². The first-order valence-corrected chi connectivity index (χ1v) is 15.4. The zero-order valence-electron chi connectivity index (χ0n) is 25.3. The van der Waals surface area contributed by atoms with Crippen LogP contribution in [0.15, 0.2) is 42.7 Å². The number of rotatable bonds is 7. The van der Waals surface area contributed by atoms with E-state index < -0.39 is 17.7 Å². The summed E-state index contributed by atoms with van der Waals surface area (Å²) in [6, 6.07) is 10.2. The van der Waals surface area contributed by atoms with Gasteiger partial charge in [0.05, 0.1) is 35.3 Å². The maximum atomic E-state index is 13.2. The van der Waals surface area contributed by atoms with Crippen molar-refractivity contribution >= 4 is 44.9 Å². The maximum absolute atomic E-state index is 13.2. The van der Waals surface area contributed by atoms with Crippen molar-refractivity contribution in [2.45, 2.75) is 59.3 Å². The van der Waals surface area contributed by atoms with E-state index in [2.05, 4.69) is 28.6 Å². The molecule has 10 heteroatoms. The highest BCUT2D eigenvalue weighted by molar-refractivity contribution is 7.22. The number of ether oxygens (including phenoxy) is 2. The first kappa shape index (κ1) is 30.4. The molecule has 4 aromatic rings. The predicted octanol–water partition coefficient (Wildman–Crippen LogP) is 6.94. The number of piperazine rings is 1. The van der Waals surface area contributed by atoms with Crippen molar-refractivity contribution in [3.8, 4) is 21.8 Å². The Bertz CT molecular complexity index is 1570. The minimum atomic E-state index is -0.928. The molecule has 0 radical (unpaired) electrons. The summed E-state index contributed by atoms with van der Waals surface area (Å²) < 4.78 is 12.5. The Morgan fingerprint density at radius 1 is 1.05 bits per heavy atom. The number of fused-ring (bicyclic) bond motifs is 1. The van der Waals surface area contributed by atoms with Crippen LogP contribution in [0.1, 0.15) is 51.8 Å². The number of aryl methyl sites for hydroxylation is 1. The van der Waals surface area contributed by atoms with Crippen molar-refractivity contribution in [2.24, 2.45) is 0 Å². The average molecular weight is 608 g/mol. The van der Waals surface area contributed by atoms with E-state index in [-0.39, 0.29) is 0 Å². The second kappa shape index (κ2) is 12.2. The molecule has 1 fully saturated rings. The monoisotopic (exact) mass is 607 g/mol. The number of anilines is 1. The van der Waals surface area contributed by atoms with Crippen molar-refractivity contribution in [1.29, 1.82) is 0 Å². The SMILES string of the molecule is COC(=O)[C@@H](OC(C)(C)C)c1c(C)cc2nc(-c3cncc(N4CCN(C(C)C)CC4)n3)sc2c1-c1ccc(Cl)cc1. The summed E-state index contributed by atoms with van der Waals surface area (Å²) in [6.45, 7) is 16.0. The molecule has 0 amide bonds. The van der Waals surface area contributed by atoms with Crippen LogP contribution in [0.3, 0.4) is 0 Å². The third-order valence-electron chi connectivity index (χ3n) is 7.42. The van der Waals surface area contributed by atoms with Crippen LogP contribution in [0.2, 0.25) is 5.02 Å². The van der Waals surface area contributed by atoms with Gasteiger partial charge in [-0.1, -0.05) is 23.7 Å². The lowest BCUT2D eigenvalue weighted by molar-refractivity contribution is -0.164. The molecule has 0 unspecified atom stereocenters. The average Bonchev–Trinajstić information content (AvgIpc) is 3.39. The highest BCUT2D eigenvalue weighted by Gasteiger charge is 2.33. The number of halogens is 1. The summed E-state index contributed by atoms with van der Waals surface area (Å²) >= 11 is 7.80. The van der Waals surface area contributed by atoms with E-state index in [0.717, 1.165) is 75.2 Å². The summed E-state index contributed by atoms with van der Waals surface area (Å²) in [5.41, 5.74) is 4.37. The fourth-order valence-corrected chi connectivity index (χ4v) is 6.53. The zero-order valence-corrected chi connectivity index (χ0v) is 26.8.